The first-order chi connectivity index (χ1) is 11.0. The van der Waals surface area contributed by atoms with Crippen molar-refractivity contribution < 1.29 is 22.0 Å². The van der Waals surface area contributed by atoms with Gasteiger partial charge in [0.25, 0.3) is 11.8 Å². The van der Waals surface area contributed by atoms with Gasteiger partial charge in [0, 0.05) is 25.9 Å². The Labute approximate surface area is 142 Å². The van der Waals surface area contributed by atoms with Gasteiger partial charge >= 0.3 is 0 Å². The molecule has 24 heavy (non-hydrogen) atoms. The van der Waals surface area contributed by atoms with Gasteiger partial charge in [-0.25, -0.2) is 8.42 Å². The summed E-state index contributed by atoms with van der Waals surface area (Å²) in [5.41, 5.74) is 0.868. The van der Waals surface area contributed by atoms with Crippen molar-refractivity contribution in [2.75, 3.05) is 6.26 Å². The Morgan fingerprint density at radius 2 is 2.04 bits per heavy atom. The summed E-state index contributed by atoms with van der Waals surface area (Å²) in [5.74, 6) is -3.45. The van der Waals surface area contributed by atoms with Gasteiger partial charge in [0.1, 0.15) is 9.90 Å². The number of nitrogens with zero attached hydrogens (tertiary/aromatic N) is 1. The third-order valence-corrected chi connectivity index (χ3v) is 6.18. The van der Waals surface area contributed by atoms with E-state index in [9.17, 15) is 22.0 Å². The summed E-state index contributed by atoms with van der Waals surface area (Å²) in [6, 6.07) is 4.09. The molecular weight excluding hydrogens is 358 g/mol. The molecule has 9 heteroatoms. The van der Waals surface area contributed by atoms with E-state index in [-0.39, 0.29) is 21.3 Å². The van der Waals surface area contributed by atoms with Crippen LogP contribution in [0.25, 0.3) is 0 Å². The van der Waals surface area contributed by atoms with Gasteiger partial charge < -0.3 is 5.32 Å². The average molecular weight is 374 g/mol. The number of halogens is 2. The van der Waals surface area contributed by atoms with Crippen LogP contribution in [0.15, 0.2) is 28.6 Å². The van der Waals surface area contributed by atoms with Crippen molar-refractivity contribution in [3.8, 4) is 0 Å². The smallest absolute Gasteiger partial charge is 0.286 e. The molecule has 5 nitrogen and oxygen atoms in total. The predicted octanol–water partition coefficient (Wildman–Crippen LogP) is 2.90. The lowest BCUT2D eigenvalue weighted by atomic mass is 10.1. The van der Waals surface area contributed by atoms with Crippen molar-refractivity contribution in [3.05, 3.63) is 46.1 Å². The van der Waals surface area contributed by atoms with E-state index >= 15 is 0 Å². The standard InChI is InChI=1S/C15H16F2N2O3S2/c1-9-6-12(15(2,16)17)18-7-10(9)8-19-14(20)11-4-5-13(23-11)24(3,21)22/h4-7H,8H2,1-3H3,(H,19,20). The quantitative estimate of drug-likeness (QED) is 0.873. The maximum atomic E-state index is 13.2. The van der Waals surface area contributed by atoms with Crippen LogP contribution in [0.3, 0.4) is 0 Å². The predicted molar refractivity (Wildman–Crippen MR) is 87.1 cm³/mol. The lowest BCUT2D eigenvalue weighted by Gasteiger charge is -2.12. The van der Waals surface area contributed by atoms with Gasteiger partial charge in [-0.15, -0.1) is 11.3 Å². The molecule has 2 aromatic heterocycles. The number of nitrogens with one attached hydrogen (secondary N) is 1. The van der Waals surface area contributed by atoms with Crippen molar-refractivity contribution in [1.29, 1.82) is 0 Å². The average Bonchev–Trinajstić information content (AvgIpc) is 2.94. The van der Waals surface area contributed by atoms with Crippen LogP contribution in [-0.2, 0) is 22.3 Å². The molecule has 0 aliphatic carbocycles. The minimum Gasteiger partial charge on any atom is -0.347 e. The first kappa shape index (κ1) is 18.5. The fourth-order valence-corrected chi connectivity index (χ4v) is 3.76. The summed E-state index contributed by atoms with van der Waals surface area (Å²) in [4.78, 5) is 16.0. The second-order valence-corrected chi connectivity index (χ2v) is 8.78. The third kappa shape index (κ3) is 4.35. The van der Waals surface area contributed by atoms with E-state index in [4.69, 9.17) is 0 Å². The summed E-state index contributed by atoms with van der Waals surface area (Å²) >= 11 is 0.878. The zero-order chi connectivity index (χ0) is 18.1. The zero-order valence-corrected chi connectivity index (χ0v) is 14.9. The van der Waals surface area contributed by atoms with Gasteiger partial charge in [-0.1, -0.05) is 0 Å². The number of hydrogen-bond donors (Lipinski definition) is 1. The van der Waals surface area contributed by atoms with Gasteiger partial charge in [0.2, 0.25) is 0 Å². The Bertz CT molecular complexity index is 871. The number of amides is 1. The molecule has 0 spiro atoms. The van der Waals surface area contributed by atoms with E-state index in [0.29, 0.717) is 11.1 Å². The van der Waals surface area contributed by atoms with Gasteiger partial charge in [0.15, 0.2) is 9.84 Å². The van der Waals surface area contributed by atoms with Gasteiger partial charge in [-0.2, -0.15) is 8.78 Å². The van der Waals surface area contributed by atoms with E-state index in [0.717, 1.165) is 24.5 Å². The molecule has 0 saturated heterocycles. The maximum Gasteiger partial charge on any atom is 0.286 e. The lowest BCUT2D eigenvalue weighted by Crippen LogP contribution is -2.22. The molecule has 0 saturated carbocycles. The monoisotopic (exact) mass is 374 g/mol. The Kier molecular flexibility index (Phi) is 5.05. The Morgan fingerprint density at radius 3 is 2.54 bits per heavy atom. The minimum absolute atomic E-state index is 0.110. The van der Waals surface area contributed by atoms with Crippen molar-refractivity contribution in [3.63, 3.8) is 0 Å². The number of aromatic nitrogens is 1. The molecule has 2 aromatic rings. The van der Waals surface area contributed by atoms with E-state index in [1.807, 2.05) is 0 Å². The normalized spacial score (nSPS) is 12.2. The van der Waals surface area contributed by atoms with Crippen molar-refractivity contribution in [1.82, 2.24) is 10.3 Å². The summed E-state index contributed by atoms with van der Waals surface area (Å²) in [6.07, 6.45) is 2.37. The summed E-state index contributed by atoms with van der Waals surface area (Å²) in [6.45, 7) is 2.54. The summed E-state index contributed by atoms with van der Waals surface area (Å²) < 4.78 is 49.4. The molecular formula is C15H16F2N2O3S2. The molecule has 1 N–H and O–H groups in total. The number of pyridine rings is 1. The second-order valence-electron chi connectivity index (χ2n) is 5.46. The Hall–Kier alpha value is -1.87. The first-order valence-corrected chi connectivity index (χ1v) is 9.61. The Balaban J connectivity index is 2.08. The molecule has 2 rings (SSSR count). The summed E-state index contributed by atoms with van der Waals surface area (Å²) in [7, 11) is -3.35. The molecule has 0 aliphatic heterocycles. The highest BCUT2D eigenvalue weighted by Gasteiger charge is 2.26. The fourth-order valence-electron chi connectivity index (χ4n) is 1.91. The van der Waals surface area contributed by atoms with Crippen LogP contribution in [0.5, 0.6) is 0 Å². The Morgan fingerprint density at radius 1 is 1.38 bits per heavy atom. The highest BCUT2D eigenvalue weighted by atomic mass is 32.2. The molecule has 0 radical (unpaired) electrons. The van der Waals surface area contributed by atoms with Crippen LogP contribution in [0.1, 0.15) is 33.4 Å². The minimum atomic E-state index is -3.35. The van der Waals surface area contributed by atoms with Crippen LogP contribution in [-0.4, -0.2) is 25.6 Å². The van der Waals surface area contributed by atoms with Crippen molar-refractivity contribution in [2.45, 2.75) is 30.5 Å². The van der Waals surface area contributed by atoms with Crippen LogP contribution in [0, 0.1) is 6.92 Å². The fraction of sp³-hybridized carbons (Fsp3) is 0.333. The van der Waals surface area contributed by atoms with Crippen molar-refractivity contribution in [2.24, 2.45) is 0 Å². The second kappa shape index (κ2) is 6.56. The van der Waals surface area contributed by atoms with E-state index in [1.165, 1.54) is 24.4 Å². The molecule has 0 aliphatic rings. The summed E-state index contributed by atoms with van der Waals surface area (Å²) in [5, 5.41) is 2.63. The third-order valence-electron chi connectivity index (χ3n) is 3.28. The van der Waals surface area contributed by atoms with Crippen LogP contribution in [0.2, 0.25) is 0 Å². The number of thiophene rings is 1. The van der Waals surface area contributed by atoms with Crippen LogP contribution in [0.4, 0.5) is 8.78 Å². The molecule has 0 atom stereocenters. The van der Waals surface area contributed by atoms with E-state index in [1.54, 1.807) is 6.92 Å². The van der Waals surface area contributed by atoms with Crippen LogP contribution >= 0.6 is 11.3 Å². The highest BCUT2D eigenvalue weighted by Crippen LogP contribution is 2.26. The van der Waals surface area contributed by atoms with E-state index < -0.39 is 21.7 Å². The highest BCUT2D eigenvalue weighted by molar-refractivity contribution is 7.92. The molecule has 0 aromatic carbocycles. The molecule has 130 valence electrons. The SMILES string of the molecule is Cc1cc(C(C)(F)F)ncc1CNC(=O)c1ccc(S(C)(=O)=O)s1. The molecule has 0 fully saturated rings. The lowest BCUT2D eigenvalue weighted by molar-refractivity contribution is 0.0126. The largest absolute Gasteiger partial charge is 0.347 e. The topological polar surface area (TPSA) is 76.1 Å². The zero-order valence-electron chi connectivity index (χ0n) is 13.3. The molecule has 1 amide bonds. The number of carbonyl (C=O) groups is 1. The first-order valence-electron chi connectivity index (χ1n) is 6.90. The van der Waals surface area contributed by atoms with E-state index in [2.05, 4.69) is 10.3 Å². The number of sulfone groups is 1. The van der Waals surface area contributed by atoms with Crippen LogP contribution < -0.4 is 5.32 Å². The number of alkyl halides is 2. The van der Waals surface area contributed by atoms with Gasteiger partial charge in [-0.3, -0.25) is 9.78 Å². The molecule has 2 heterocycles. The number of aryl methyl sites for hydroxylation is 1. The number of rotatable bonds is 5. The maximum absolute atomic E-state index is 13.2. The number of hydrogen-bond acceptors (Lipinski definition) is 5. The van der Waals surface area contributed by atoms with Crippen molar-refractivity contribution >= 4 is 27.1 Å². The molecule has 0 bridgehead atoms. The van der Waals surface area contributed by atoms with Gasteiger partial charge in [0.05, 0.1) is 4.88 Å². The number of carbonyl (C=O) groups excluding carboxylic acids is 1. The molecule has 0 unspecified atom stereocenters. The van der Waals surface area contributed by atoms with Gasteiger partial charge in [-0.05, 0) is 36.2 Å².